The summed E-state index contributed by atoms with van der Waals surface area (Å²) < 4.78 is 5.21. The van der Waals surface area contributed by atoms with Crippen molar-refractivity contribution in [2.75, 3.05) is 23.9 Å². The minimum absolute atomic E-state index is 0.0185. The number of carbonyl (C=O) groups is 2. The zero-order valence-corrected chi connectivity index (χ0v) is 15.2. The zero-order valence-electron chi connectivity index (χ0n) is 15.2. The van der Waals surface area contributed by atoms with Crippen LogP contribution in [-0.2, 0) is 4.79 Å². The molecule has 136 valence electrons. The lowest BCUT2D eigenvalue weighted by Crippen LogP contribution is -2.39. The largest absolute Gasteiger partial charge is 0.497 e. The highest BCUT2D eigenvalue weighted by Crippen LogP contribution is 2.25. The highest BCUT2D eigenvalue weighted by Gasteiger charge is 2.31. The van der Waals surface area contributed by atoms with Crippen LogP contribution in [-0.4, -0.2) is 31.6 Å². The van der Waals surface area contributed by atoms with Crippen LogP contribution >= 0.6 is 0 Å². The molecule has 3 rings (SSSR count). The summed E-state index contributed by atoms with van der Waals surface area (Å²) in [6.45, 7) is 4.40. The molecule has 1 aliphatic rings. The summed E-state index contributed by atoms with van der Waals surface area (Å²) in [5, 5.41) is 5.74. The van der Waals surface area contributed by atoms with Gasteiger partial charge in [-0.25, -0.2) is 4.79 Å². The molecule has 0 aromatic heterocycles. The van der Waals surface area contributed by atoms with Gasteiger partial charge in [-0.2, -0.15) is 0 Å². The molecule has 1 atom stereocenters. The molecule has 3 amide bonds. The Morgan fingerprint density at radius 3 is 2.73 bits per heavy atom. The van der Waals surface area contributed by atoms with Crippen molar-refractivity contribution in [1.29, 1.82) is 0 Å². The lowest BCUT2D eigenvalue weighted by molar-refractivity contribution is -0.117. The Morgan fingerprint density at radius 2 is 2.00 bits per heavy atom. The molecule has 6 nitrogen and oxygen atoms in total. The van der Waals surface area contributed by atoms with E-state index in [9.17, 15) is 9.59 Å². The number of anilines is 2. The van der Waals surface area contributed by atoms with Crippen molar-refractivity contribution in [2.45, 2.75) is 26.3 Å². The van der Waals surface area contributed by atoms with E-state index in [0.717, 1.165) is 22.5 Å². The predicted molar refractivity (Wildman–Crippen MR) is 102 cm³/mol. The quantitative estimate of drug-likeness (QED) is 0.886. The molecule has 1 saturated heterocycles. The van der Waals surface area contributed by atoms with Gasteiger partial charge in [0.15, 0.2) is 0 Å². The molecule has 6 heteroatoms. The molecule has 1 heterocycles. The molecule has 0 bridgehead atoms. The van der Waals surface area contributed by atoms with E-state index in [4.69, 9.17) is 4.74 Å². The molecule has 1 fully saturated rings. The first-order valence-electron chi connectivity index (χ1n) is 8.55. The first-order chi connectivity index (χ1) is 12.5. The van der Waals surface area contributed by atoms with Gasteiger partial charge in [0.25, 0.3) is 0 Å². The van der Waals surface area contributed by atoms with Gasteiger partial charge in [-0.3, -0.25) is 4.79 Å². The van der Waals surface area contributed by atoms with E-state index < -0.39 is 0 Å². The first kappa shape index (κ1) is 17.8. The van der Waals surface area contributed by atoms with Gasteiger partial charge in [0.2, 0.25) is 5.91 Å². The number of aryl methyl sites for hydroxylation is 2. The standard InChI is InChI=1S/C20H23N3O3/c1-13-7-8-18(14(2)9-13)22-20(25)21-15-10-19(24)23(12-15)16-5-4-6-17(11-16)26-3/h4-9,11,15H,10,12H2,1-3H3,(H2,21,22,25). The zero-order chi connectivity index (χ0) is 18.7. The van der Waals surface area contributed by atoms with Crippen molar-refractivity contribution in [1.82, 2.24) is 5.32 Å². The summed E-state index contributed by atoms with van der Waals surface area (Å²) in [4.78, 5) is 26.3. The van der Waals surface area contributed by atoms with Crippen LogP contribution < -0.4 is 20.3 Å². The Balaban J connectivity index is 1.62. The van der Waals surface area contributed by atoms with Crippen molar-refractivity contribution in [3.8, 4) is 5.75 Å². The lowest BCUT2D eigenvalue weighted by Gasteiger charge is -2.18. The molecule has 0 saturated carbocycles. The Bertz CT molecular complexity index is 835. The van der Waals surface area contributed by atoms with Crippen molar-refractivity contribution in [3.05, 3.63) is 53.6 Å². The number of urea groups is 1. The number of amides is 3. The molecular weight excluding hydrogens is 330 g/mol. The molecule has 0 aliphatic carbocycles. The average molecular weight is 353 g/mol. The van der Waals surface area contributed by atoms with Gasteiger partial charge in [0, 0.05) is 30.4 Å². The van der Waals surface area contributed by atoms with E-state index in [2.05, 4.69) is 10.6 Å². The number of hydrogen-bond acceptors (Lipinski definition) is 3. The van der Waals surface area contributed by atoms with Crippen molar-refractivity contribution in [2.24, 2.45) is 0 Å². The van der Waals surface area contributed by atoms with Gasteiger partial charge in [0.1, 0.15) is 5.75 Å². The van der Waals surface area contributed by atoms with Gasteiger partial charge < -0.3 is 20.3 Å². The second kappa shape index (κ2) is 7.47. The second-order valence-electron chi connectivity index (χ2n) is 6.52. The maximum absolute atomic E-state index is 12.3. The smallest absolute Gasteiger partial charge is 0.319 e. The average Bonchev–Trinajstić information content (AvgIpc) is 2.97. The number of methoxy groups -OCH3 is 1. The molecule has 0 spiro atoms. The molecule has 1 aliphatic heterocycles. The van der Waals surface area contributed by atoms with E-state index in [-0.39, 0.29) is 24.4 Å². The van der Waals surface area contributed by atoms with E-state index in [1.54, 1.807) is 12.0 Å². The molecule has 2 N–H and O–H groups in total. The number of carbonyl (C=O) groups excluding carboxylic acids is 2. The van der Waals surface area contributed by atoms with Gasteiger partial charge in [-0.1, -0.05) is 23.8 Å². The summed E-state index contributed by atoms with van der Waals surface area (Å²) in [7, 11) is 1.59. The highest BCUT2D eigenvalue weighted by molar-refractivity contribution is 5.98. The fraction of sp³-hybridized carbons (Fsp3) is 0.300. The third kappa shape index (κ3) is 3.96. The Morgan fingerprint density at radius 1 is 1.19 bits per heavy atom. The van der Waals surface area contributed by atoms with Crippen molar-refractivity contribution >= 4 is 23.3 Å². The summed E-state index contributed by atoms with van der Waals surface area (Å²) in [5.74, 6) is 0.675. The van der Waals surface area contributed by atoms with Crippen LogP contribution in [0.25, 0.3) is 0 Å². The molecule has 26 heavy (non-hydrogen) atoms. The lowest BCUT2D eigenvalue weighted by atomic mass is 10.1. The van der Waals surface area contributed by atoms with Crippen molar-refractivity contribution < 1.29 is 14.3 Å². The van der Waals surface area contributed by atoms with Crippen LogP contribution in [0, 0.1) is 13.8 Å². The molecule has 2 aromatic carbocycles. The van der Waals surface area contributed by atoms with E-state index in [1.807, 2.05) is 56.3 Å². The Kier molecular flexibility index (Phi) is 5.11. The minimum Gasteiger partial charge on any atom is -0.497 e. The normalized spacial score (nSPS) is 16.5. The summed E-state index contributed by atoms with van der Waals surface area (Å²) in [6.07, 6.45) is 0.275. The number of rotatable bonds is 4. The molecule has 0 radical (unpaired) electrons. The van der Waals surface area contributed by atoms with Crippen LogP contribution in [0.1, 0.15) is 17.5 Å². The van der Waals surface area contributed by atoms with Crippen LogP contribution in [0.4, 0.5) is 16.2 Å². The SMILES string of the molecule is COc1cccc(N2CC(NC(=O)Nc3ccc(C)cc3C)CC2=O)c1. The molecular formula is C20H23N3O3. The van der Waals surface area contributed by atoms with Gasteiger partial charge >= 0.3 is 6.03 Å². The molecule has 2 aromatic rings. The number of nitrogens with zero attached hydrogens (tertiary/aromatic N) is 1. The van der Waals surface area contributed by atoms with E-state index in [0.29, 0.717) is 12.3 Å². The fourth-order valence-electron chi connectivity index (χ4n) is 3.13. The number of hydrogen-bond donors (Lipinski definition) is 2. The monoisotopic (exact) mass is 353 g/mol. The number of ether oxygens (including phenoxy) is 1. The van der Waals surface area contributed by atoms with Gasteiger partial charge in [0.05, 0.1) is 13.2 Å². The first-order valence-corrected chi connectivity index (χ1v) is 8.55. The topological polar surface area (TPSA) is 70.7 Å². The highest BCUT2D eigenvalue weighted by atomic mass is 16.5. The second-order valence-corrected chi connectivity index (χ2v) is 6.52. The third-order valence-electron chi connectivity index (χ3n) is 4.46. The summed E-state index contributed by atoms with van der Waals surface area (Å²) >= 11 is 0. The van der Waals surface area contributed by atoms with Crippen LogP contribution in [0.15, 0.2) is 42.5 Å². The van der Waals surface area contributed by atoms with Crippen LogP contribution in [0.2, 0.25) is 0 Å². The van der Waals surface area contributed by atoms with Gasteiger partial charge in [-0.05, 0) is 37.6 Å². The maximum Gasteiger partial charge on any atom is 0.319 e. The minimum atomic E-state index is -0.303. The van der Waals surface area contributed by atoms with E-state index in [1.165, 1.54) is 0 Å². The third-order valence-corrected chi connectivity index (χ3v) is 4.46. The van der Waals surface area contributed by atoms with Gasteiger partial charge in [-0.15, -0.1) is 0 Å². The maximum atomic E-state index is 12.3. The summed E-state index contributed by atoms with van der Waals surface area (Å²) in [6, 6.07) is 12.7. The van der Waals surface area contributed by atoms with Crippen LogP contribution in [0.3, 0.4) is 0 Å². The number of nitrogens with one attached hydrogen (secondary N) is 2. The Hall–Kier alpha value is -3.02. The number of benzene rings is 2. The van der Waals surface area contributed by atoms with Crippen LogP contribution in [0.5, 0.6) is 5.75 Å². The van der Waals surface area contributed by atoms with Crippen molar-refractivity contribution in [3.63, 3.8) is 0 Å². The fourth-order valence-corrected chi connectivity index (χ4v) is 3.13. The van der Waals surface area contributed by atoms with E-state index >= 15 is 0 Å². The molecule has 1 unspecified atom stereocenters. The Labute approximate surface area is 153 Å². The predicted octanol–water partition coefficient (Wildman–Crippen LogP) is 3.24. The summed E-state index contributed by atoms with van der Waals surface area (Å²) in [5.41, 5.74) is 3.68.